The van der Waals surface area contributed by atoms with Gasteiger partial charge in [0.1, 0.15) is 5.75 Å². The van der Waals surface area contributed by atoms with Crippen molar-refractivity contribution in [2.45, 2.75) is 59.7 Å². The van der Waals surface area contributed by atoms with E-state index in [9.17, 15) is 0 Å². The third-order valence-corrected chi connectivity index (χ3v) is 8.09. The van der Waals surface area contributed by atoms with Gasteiger partial charge in [0.25, 0.3) is 8.32 Å². The first-order chi connectivity index (χ1) is 7.54. The summed E-state index contributed by atoms with van der Waals surface area (Å²) in [6.45, 7) is 17.8. The van der Waals surface area contributed by atoms with Crippen LogP contribution in [0.25, 0.3) is 0 Å². The van der Waals surface area contributed by atoms with E-state index in [0.29, 0.717) is 0 Å². The Morgan fingerprint density at radius 1 is 0.941 bits per heavy atom. The zero-order valence-electron chi connectivity index (χ0n) is 12.6. The molecule has 1 aromatic rings. The molecule has 0 aliphatic rings. The molecule has 1 rings (SSSR count). The summed E-state index contributed by atoms with van der Waals surface area (Å²) in [7, 11) is -1.73. The highest BCUT2D eigenvalue weighted by atomic mass is 28.4. The zero-order valence-corrected chi connectivity index (χ0v) is 13.6. The second kappa shape index (κ2) is 4.49. The Labute approximate surface area is 107 Å². The average Bonchev–Trinajstić information content (AvgIpc) is 2.09. The number of aryl methyl sites for hydroxylation is 3. The third-order valence-electron chi connectivity index (χ3n) is 3.77. The number of hydrogen-bond donors (Lipinski definition) is 0. The van der Waals surface area contributed by atoms with Crippen molar-refractivity contribution >= 4 is 8.32 Å². The summed E-state index contributed by atoms with van der Waals surface area (Å²) in [6.07, 6.45) is 0. The van der Waals surface area contributed by atoms with Gasteiger partial charge in [-0.2, -0.15) is 0 Å². The summed E-state index contributed by atoms with van der Waals surface area (Å²) in [5, 5.41) is 0.247. The highest BCUT2D eigenvalue weighted by Crippen LogP contribution is 2.39. The molecule has 96 valence electrons. The van der Waals surface area contributed by atoms with E-state index in [1.807, 2.05) is 0 Å². The predicted molar refractivity (Wildman–Crippen MR) is 78.5 cm³/mol. The molecule has 0 heterocycles. The molecule has 0 fully saturated rings. The van der Waals surface area contributed by atoms with Crippen molar-refractivity contribution in [2.24, 2.45) is 0 Å². The minimum absolute atomic E-state index is 0.247. The highest BCUT2D eigenvalue weighted by molar-refractivity contribution is 6.74. The van der Waals surface area contributed by atoms with E-state index < -0.39 is 8.32 Å². The van der Waals surface area contributed by atoms with Crippen molar-refractivity contribution in [1.82, 2.24) is 0 Å². The molecular formula is C15H26OSi. The average molecular weight is 250 g/mol. The molecule has 0 unspecified atom stereocenters. The molecule has 0 bridgehead atoms. The number of hydrogen-bond acceptors (Lipinski definition) is 1. The smallest absolute Gasteiger partial charge is 0.250 e. The molecule has 0 saturated heterocycles. The molecule has 0 radical (unpaired) electrons. The van der Waals surface area contributed by atoms with Gasteiger partial charge in [-0.15, -0.1) is 0 Å². The van der Waals surface area contributed by atoms with Crippen LogP contribution in [-0.2, 0) is 0 Å². The fourth-order valence-corrected chi connectivity index (χ4v) is 2.87. The number of benzene rings is 1. The predicted octanol–water partition coefficient (Wildman–Crippen LogP) is 5.00. The van der Waals surface area contributed by atoms with Crippen molar-refractivity contribution < 1.29 is 4.43 Å². The second-order valence-electron chi connectivity index (χ2n) is 6.59. The van der Waals surface area contributed by atoms with Crippen LogP contribution in [0, 0.1) is 20.8 Å². The van der Waals surface area contributed by atoms with Crippen LogP contribution in [0.5, 0.6) is 5.75 Å². The number of rotatable bonds is 2. The molecule has 0 saturated carbocycles. The quantitative estimate of drug-likeness (QED) is 0.671. The van der Waals surface area contributed by atoms with Crippen LogP contribution in [0.4, 0.5) is 0 Å². The van der Waals surface area contributed by atoms with Crippen molar-refractivity contribution in [3.63, 3.8) is 0 Å². The summed E-state index contributed by atoms with van der Waals surface area (Å²) >= 11 is 0. The Hall–Kier alpha value is -0.763. The van der Waals surface area contributed by atoms with Gasteiger partial charge in [-0.3, -0.25) is 0 Å². The molecule has 2 heteroatoms. The van der Waals surface area contributed by atoms with Gasteiger partial charge in [-0.05, 0) is 50.0 Å². The molecule has 0 aliphatic heterocycles. The van der Waals surface area contributed by atoms with Crippen LogP contribution in [0.1, 0.15) is 37.5 Å². The van der Waals surface area contributed by atoms with E-state index >= 15 is 0 Å². The normalized spacial score (nSPS) is 12.7. The fraction of sp³-hybridized carbons (Fsp3) is 0.600. The van der Waals surface area contributed by atoms with Crippen LogP contribution in [0.3, 0.4) is 0 Å². The molecule has 0 aromatic heterocycles. The van der Waals surface area contributed by atoms with Gasteiger partial charge in [0.2, 0.25) is 0 Å². The van der Waals surface area contributed by atoms with Crippen molar-refractivity contribution in [2.75, 3.05) is 0 Å². The second-order valence-corrected chi connectivity index (χ2v) is 11.3. The maximum absolute atomic E-state index is 6.42. The molecule has 0 N–H and O–H groups in total. The maximum Gasteiger partial charge on any atom is 0.250 e. The molecule has 0 amide bonds. The van der Waals surface area contributed by atoms with Gasteiger partial charge < -0.3 is 4.43 Å². The summed E-state index contributed by atoms with van der Waals surface area (Å²) in [6, 6.07) is 4.41. The summed E-state index contributed by atoms with van der Waals surface area (Å²) in [5.74, 6) is 1.10. The Kier molecular flexibility index (Phi) is 3.77. The van der Waals surface area contributed by atoms with Gasteiger partial charge in [-0.1, -0.05) is 38.5 Å². The van der Waals surface area contributed by atoms with Crippen molar-refractivity contribution in [1.29, 1.82) is 0 Å². The molecule has 17 heavy (non-hydrogen) atoms. The SMILES string of the molecule is Cc1cc(C)c(O[Si](C)(C)C(C)(C)C)c(C)c1. The Morgan fingerprint density at radius 2 is 1.35 bits per heavy atom. The van der Waals surface area contributed by atoms with E-state index in [-0.39, 0.29) is 5.04 Å². The Morgan fingerprint density at radius 3 is 1.71 bits per heavy atom. The van der Waals surface area contributed by atoms with Crippen molar-refractivity contribution in [3.8, 4) is 5.75 Å². The standard InChI is InChI=1S/C15H26OSi/c1-11-9-12(2)14(13(3)10-11)16-17(7,8)15(4,5)6/h9-10H,1-8H3. The summed E-state index contributed by atoms with van der Waals surface area (Å²) in [4.78, 5) is 0. The van der Waals surface area contributed by atoms with Gasteiger partial charge in [0, 0.05) is 0 Å². The van der Waals surface area contributed by atoms with Crippen LogP contribution in [0.2, 0.25) is 18.1 Å². The molecule has 0 aliphatic carbocycles. The summed E-state index contributed by atoms with van der Waals surface area (Å²) < 4.78 is 6.42. The minimum Gasteiger partial charge on any atom is -0.543 e. The lowest BCUT2D eigenvalue weighted by Crippen LogP contribution is -2.44. The lowest BCUT2D eigenvalue weighted by Gasteiger charge is -2.37. The van der Waals surface area contributed by atoms with Crippen LogP contribution in [-0.4, -0.2) is 8.32 Å². The Bertz CT molecular complexity index is 390. The first-order valence-corrected chi connectivity index (χ1v) is 9.22. The van der Waals surface area contributed by atoms with Gasteiger partial charge in [-0.25, -0.2) is 0 Å². The first-order valence-electron chi connectivity index (χ1n) is 6.31. The molecule has 0 atom stereocenters. The van der Waals surface area contributed by atoms with E-state index in [0.717, 1.165) is 5.75 Å². The summed E-state index contributed by atoms with van der Waals surface area (Å²) in [5.41, 5.74) is 3.82. The molecular weight excluding hydrogens is 224 g/mol. The third kappa shape index (κ3) is 3.12. The van der Waals surface area contributed by atoms with E-state index in [1.54, 1.807) is 0 Å². The fourth-order valence-electron chi connectivity index (χ4n) is 1.74. The minimum atomic E-state index is -1.73. The van der Waals surface area contributed by atoms with E-state index in [2.05, 4.69) is 66.8 Å². The topological polar surface area (TPSA) is 9.23 Å². The van der Waals surface area contributed by atoms with E-state index in [4.69, 9.17) is 4.43 Å². The Balaban J connectivity index is 3.13. The lowest BCUT2D eigenvalue weighted by atomic mass is 10.1. The monoisotopic (exact) mass is 250 g/mol. The van der Waals surface area contributed by atoms with Gasteiger partial charge in [0.05, 0.1) is 0 Å². The first kappa shape index (κ1) is 14.3. The van der Waals surface area contributed by atoms with Gasteiger partial charge in [0.15, 0.2) is 0 Å². The van der Waals surface area contributed by atoms with Crippen molar-refractivity contribution in [3.05, 3.63) is 28.8 Å². The highest BCUT2D eigenvalue weighted by Gasteiger charge is 2.39. The molecule has 1 nitrogen and oxygen atoms in total. The lowest BCUT2D eigenvalue weighted by molar-refractivity contribution is 0.486. The van der Waals surface area contributed by atoms with Crippen LogP contribution < -0.4 is 4.43 Å². The van der Waals surface area contributed by atoms with Crippen LogP contribution in [0.15, 0.2) is 12.1 Å². The molecule has 1 aromatic carbocycles. The van der Waals surface area contributed by atoms with Gasteiger partial charge >= 0.3 is 0 Å². The van der Waals surface area contributed by atoms with E-state index in [1.165, 1.54) is 16.7 Å². The maximum atomic E-state index is 6.42. The molecule has 0 spiro atoms. The zero-order chi connectivity index (χ0) is 13.4. The van der Waals surface area contributed by atoms with Crippen LogP contribution >= 0.6 is 0 Å². The largest absolute Gasteiger partial charge is 0.543 e.